The summed E-state index contributed by atoms with van der Waals surface area (Å²) in [6.45, 7) is 0. The third-order valence-electron chi connectivity index (χ3n) is 1.86. The molecule has 57 valence electrons. The van der Waals surface area contributed by atoms with Gasteiger partial charge in [-0.1, -0.05) is 36.4 Å². The monoisotopic (exact) mass is 171 g/mol. The Balaban J connectivity index is 2.79. The molecule has 0 unspecified atom stereocenters. The van der Waals surface area contributed by atoms with E-state index in [1.165, 1.54) is 5.39 Å². The molecule has 0 spiro atoms. The maximum absolute atomic E-state index is 5.03. The molecule has 0 bridgehead atoms. The standard InChI is InChI=1S/C10H7OSi/c12-11-10-7-3-5-8-4-1-2-6-9(8)10/h1-7H. The van der Waals surface area contributed by atoms with Gasteiger partial charge >= 0.3 is 10.5 Å². The highest BCUT2D eigenvalue weighted by Crippen LogP contribution is 2.23. The van der Waals surface area contributed by atoms with E-state index in [4.69, 9.17) is 4.43 Å². The molecule has 0 aliphatic rings. The lowest BCUT2D eigenvalue weighted by Crippen LogP contribution is -1.85. The van der Waals surface area contributed by atoms with Gasteiger partial charge in [-0.2, -0.15) is 0 Å². The topological polar surface area (TPSA) is 9.23 Å². The first-order valence-corrected chi connectivity index (χ1v) is 4.14. The summed E-state index contributed by atoms with van der Waals surface area (Å²) < 4.78 is 5.03. The average molecular weight is 171 g/mol. The lowest BCUT2D eigenvalue weighted by Gasteiger charge is -2.03. The van der Waals surface area contributed by atoms with Gasteiger partial charge in [0.1, 0.15) is 5.75 Å². The van der Waals surface area contributed by atoms with Crippen LogP contribution in [0.4, 0.5) is 0 Å². The Bertz CT molecular complexity index is 392. The van der Waals surface area contributed by atoms with E-state index in [2.05, 4.69) is 22.6 Å². The van der Waals surface area contributed by atoms with Crippen molar-refractivity contribution in [2.24, 2.45) is 0 Å². The summed E-state index contributed by atoms with van der Waals surface area (Å²) in [6.07, 6.45) is 0. The van der Waals surface area contributed by atoms with Crippen LogP contribution in [0.1, 0.15) is 0 Å². The third kappa shape index (κ3) is 1.10. The molecule has 0 aromatic heterocycles. The van der Waals surface area contributed by atoms with Gasteiger partial charge in [0.15, 0.2) is 0 Å². The maximum atomic E-state index is 5.03. The molecule has 2 rings (SSSR count). The second-order valence-corrected chi connectivity index (χ2v) is 2.78. The summed E-state index contributed by atoms with van der Waals surface area (Å²) >= 11 is 0. The molecule has 3 radical (unpaired) electrons. The zero-order valence-electron chi connectivity index (χ0n) is 6.45. The normalized spacial score (nSPS) is 10.1. The summed E-state index contributed by atoms with van der Waals surface area (Å²) in [5, 5.41) is 2.31. The van der Waals surface area contributed by atoms with E-state index >= 15 is 0 Å². The Labute approximate surface area is 74.5 Å². The van der Waals surface area contributed by atoms with Gasteiger partial charge in [-0.25, -0.2) is 0 Å². The van der Waals surface area contributed by atoms with E-state index in [-0.39, 0.29) is 0 Å². The van der Waals surface area contributed by atoms with Crippen LogP contribution < -0.4 is 4.43 Å². The quantitative estimate of drug-likeness (QED) is 0.598. The van der Waals surface area contributed by atoms with Gasteiger partial charge in [0.05, 0.1) is 0 Å². The van der Waals surface area contributed by atoms with E-state index < -0.39 is 0 Å². The molecule has 2 aromatic carbocycles. The van der Waals surface area contributed by atoms with Crippen molar-refractivity contribution in [2.75, 3.05) is 0 Å². The van der Waals surface area contributed by atoms with Gasteiger partial charge in [0.2, 0.25) is 0 Å². The molecular weight excluding hydrogens is 164 g/mol. The molecule has 0 heterocycles. The van der Waals surface area contributed by atoms with Crippen molar-refractivity contribution in [3.63, 3.8) is 0 Å². The van der Waals surface area contributed by atoms with Gasteiger partial charge < -0.3 is 4.43 Å². The third-order valence-corrected chi connectivity index (χ3v) is 2.08. The zero-order chi connectivity index (χ0) is 8.39. The number of benzene rings is 2. The fraction of sp³-hybridized carbons (Fsp3) is 0. The second kappa shape index (κ2) is 2.99. The Morgan fingerprint density at radius 3 is 2.50 bits per heavy atom. The molecule has 0 aliphatic carbocycles. The lowest BCUT2D eigenvalue weighted by atomic mass is 10.1. The van der Waals surface area contributed by atoms with E-state index in [9.17, 15) is 0 Å². The van der Waals surface area contributed by atoms with E-state index in [1.54, 1.807) is 0 Å². The number of hydrogen-bond acceptors (Lipinski definition) is 1. The van der Waals surface area contributed by atoms with Crippen molar-refractivity contribution in [2.45, 2.75) is 0 Å². The Kier molecular flexibility index (Phi) is 1.84. The number of fused-ring (bicyclic) bond motifs is 1. The van der Waals surface area contributed by atoms with E-state index in [0.717, 1.165) is 11.1 Å². The molecule has 0 aliphatic heterocycles. The van der Waals surface area contributed by atoms with Gasteiger partial charge in [-0.3, -0.25) is 0 Å². The van der Waals surface area contributed by atoms with Crippen LogP contribution in [0.5, 0.6) is 5.75 Å². The minimum Gasteiger partial charge on any atom is -0.540 e. The molecule has 0 fully saturated rings. The predicted molar refractivity (Wildman–Crippen MR) is 50.3 cm³/mol. The molecule has 2 aromatic rings. The van der Waals surface area contributed by atoms with E-state index in [1.807, 2.05) is 30.3 Å². The number of hydrogen-bond donors (Lipinski definition) is 0. The SMILES string of the molecule is [Si]Oc1cccc2ccccc12. The molecule has 0 saturated heterocycles. The molecule has 0 saturated carbocycles. The van der Waals surface area contributed by atoms with Crippen molar-refractivity contribution >= 4 is 21.3 Å². The Morgan fingerprint density at radius 1 is 0.917 bits per heavy atom. The van der Waals surface area contributed by atoms with Crippen LogP contribution in [0, 0.1) is 0 Å². The van der Waals surface area contributed by atoms with Crippen LogP contribution in [-0.2, 0) is 0 Å². The largest absolute Gasteiger partial charge is 0.540 e. The van der Waals surface area contributed by atoms with Crippen LogP contribution in [0.15, 0.2) is 42.5 Å². The van der Waals surface area contributed by atoms with Gasteiger partial charge in [-0.15, -0.1) is 0 Å². The highest BCUT2D eigenvalue weighted by molar-refractivity contribution is 6.02. The summed E-state index contributed by atoms with van der Waals surface area (Å²) in [7, 11) is 3.03. The fourth-order valence-corrected chi connectivity index (χ4v) is 1.46. The summed E-state index contributed by atoms with van der Waals surface area (Å²) in [6, 6.07) is 14.1. The first-order valence-electron chi connectivity index (χ1n) is 3.73. The Morgan fingerprint density at radius 2 is 1.67 bits per heavy atom. The molecule has 1 nitrogen and oxygen atoms in total. The van der Waals surface area contributed by atoms with Crippen LogP contribution >= 0.6 is 0 Å². The predicted octanol–water partition coefficient (Wildman–Crippen LogP) is 2.30. The zero-order valence-corrected chi connectivity index (χ0v) is 7.45. The van der Waals surface area contributed by atoms with Crippen LogP contribution in [-0.4, -0.2) is 10.5 Å². The van der Waals surface area contributed by atoms with Crippen molar-refractivity contribution in [1.29, 1.82) is 0 Å². The second-order valence-electron chi connectivity index (χ2n) is 2.58. The molecule has 0 amide bonds. The molecular formula is C10H7OSi. The van der Waals surface area contributed by atoms with Crippen LogP contribution in [0.25, 0.3) is 10.8 Å². The smallest absolute Gasteiger partial charge is 0.341 e. The minimum atomic E-state index is 0.852. The van der Waals surface area contributed by atoms with Crippen molar-refractivity contribution < 1.29 is 4.43 Å². The average Bonchev–Trinajstić information content (AvgIpc) is 2.17. The first kappa shape index (κ1) is 7.37. The van der Waals surface area contributed by atoms with Gasteiger partial charge in [0.25, 0.3) is 0 Å². The Hall–Kier alpha value is -1.28. The molecule has 12 heavy (non-hydrogen) atoms. The summed E-state index contributed by atoms with van der Waals surface area (Å²) in [4.78, 5) is 0. The summed E-state index contributed by atoms with van der Waals surface area (Å²) in [5.74, 6) is 0.852. The fourth-order valence-electron chi connectivity index (χ4n) is 1.28. The lowest BCUT2D eigenvalue weighted by molar-refractivity contribution is 0.624. The summed E-state index contributed by atoms with van der Waals surface area (Å²) in [5.41, 5.74) is 0. The highest BCUT2D eigenvalue weighted by Gasteiger charge is 1.96. The number of rotatable bonds is 1. The van der Waals surface area contributed by atoms with Crippen LogP contribution in [0.3, 0.4) is 0 Å². The maximum Gasteiger partial charge on any atom is 0.341 e. The highest BCUT2D eigenvalue weighted by atomic mass is 28.2. The minimum absolute atomic E-state index is 0.852. The van der Waals surface area contributed by atoms with Crippen LogP contribution in [0.2, 0.25) is 0 Å². The van der Waals surface area contributed by atoms with E-state index in [0.29, 0.717) is 0 Å². The molecule has 2 heteroatoms. The van der Waals surface area contributed by atoms with Crippen molar-refractivity contribution in [3.8, 4) is 5.75 Å². The van der Waals surface area contributed by atoms with Crippen molar-refractivity contribution in [3.05, 3.63) is 42.5 Å². The van der Waals surface area contributed by atoms with Gasteiger partial charge in [0, 0.05) is 5.39 Å². The molecule has 0 atom stereocenters. The first-order chi connectivity index (χ1) is 5.92. The molecule has 0 N–H and O–H groups in total. The van der Waals surface area contributed by atoms with Gasteiger partial charge in [-0.05, 0) is 11.5 Å². The van der Waals surface area contributed by atoms with Crippen molar-refractivity contribution in [1.82, 2.24) is 0 Å².